The number of benzene rings is 1. The average molecular weight is 312 g/mol. The van der Waals surface area contributed by atoms with Crippen molar-refractivity contribution in [3.8, 4) is 0 Å². The first kappa shape index (κ1) is 15.2. The fourth-order valence-electron chi connectivity index (χ4n) is 4.97. The molecule has 0 N–H and O–H groups in total. The molecular formula is C20H28N2O. The highest BCUT2D eigenvalue weighted by Crippen LogP contribution is 2.48. The van der Waals surface area contributed by atoms with Gasteiger partial charge in [0.1, 0.15) is 0 Å². The molecule has 3 fully saturated rings. The molecule has 0 radical (unpaired) electrons. The lowest BCUT2D eigenvalue weighted by atomic mass is 9.87. The maximum Gasteiger partial charge on any atom is 0.226 e. The average Bonchev–Trinajstić information content (AvgIpc) is 3.14. The molecule has 1 saturated heterocycles. The summed E-state index contributed by atoms with van der Waals surface area (Å²) in [6.07, 6.45) is 6.28. The molecule has 2 bridgehead atoms. The van der Waals surface area contributed by atoms with Gasteiger partial charge in [-0.25, -0.2) is 0 Å². The van der Waals surface area contributed by atoms with Crippen LogP contribution in [0.25, 0.3) is 0 Å². The van der Waals surface area contributed by atoms with Crippen LogP contribution in [0.2, 0.25) is 0 Å². The first-order valence-electron chi connectivity index (χ1n) is 9.34. The van der Waals surface area contributed by atoms with Crippen LogP contribution in [0, 0.1) is 17.8 Å². The summed E-state index contributed by atoms with van der Waals surface area (Å²) in [7, 11) is 0. The van der Waals surface area contributed by atoms with Gasteiger partial charge in [-0.3, -0.25) is 9.69 Å². The van der Waals surface area contributed by atoms with Gasteiger partial charge >= 0.3 is 0 Å². The van der Waals surface area contributed by atoms with Crippen LogP contribution in [-0.4, -0.2) is 41.9 Å². The van der Waals surface area contributed by atoms with Crippen LogP contribution in [0.4, 0.5) is 0 Å². The van der Waals surface area contributed by atoms with Gasteiger partial charge in [-0.2, -0.15) is 0 Å². The van der Waals surface area contributed by atoms with Crippen LogP contribution < -0.4 is 0 Å². The van der Waals surface area contributed by atoms with Crippen LogP contribution in [-0.2, 0) is 11.3 Å². The molecule has 3 nitrogen and oxygen atoms in total. The Bertz CT molecular complexity index is 544. The molecule has 0 spiro atoms. The van der Waals surface area contributed by atoms with E-state index in [0.29, 0.717) is 17.7 Å². The number of carbonyl (C=O) groups is 1. The first-order chi connectivity index (χ1) is 11.3. The number of rotatable bonds is 3. The Morgan fingerprint density at radius 3 is 2.61 bits per heavy atom. The van der Waals surface area contributed by atoms with Gasteiger partial charge in [0.15, 0.2) is 0 Å². The molecule has 1 aromatic carbocycles. The number of hydrogen-bond donors (Lipinski definition) is 0. The summed E-state index contributed by atoms with van der Waals surface area (Å²) in [4.78, 5) is 17.6. The Balaban J connectivity index is 1.33. The lowest BCUT2D eigenvalue weighted by Gasteiger charge is -2.28. The van der Waals surface area contributed by atoms with Crippen LogP contribution in [0.5, 0.6) is 0 Å². The van der Waals surface area contributed by atoms with Gasteiger partial charge in [-0.1, -0.05) is 36.8 Å². The number of fused-ring (bicyclic) bond motifs is 2. The maximum absolute atomic E-state index is 12.9. The number of nitrogens with zero attached hydrogens (tertiary/aromatic N) is 2. The van der Waals surface area contributed by atoms with Crippen LogP contribution in [0.1, 0.15) is 37.7 Å². The maximum atomic E-state index is 12.9. The fourth-order valence-corrected chi connectivity index (χ4v) is 4.97. The van der Waals surface area contributed by atoms with E-state index >= 15 is 0 Å². The van der Waals surface area contributed by atoms with E-state index in [2.05, 4.69) is 40.1 Å². The van der Waals surface area contributed by atoms with Crippen molar-refractivity contribution in [3.05, 3.63) is 35.9 Å². The summed E-state index contributed by atoms with van der Waals surface area (Å²) in [6, 6.07) is 10.7. The summed E-state index contributed by atoms with van der Waals surface area (Å²) in [5.41, 5.74) is 1.38. The minimum atomic E-state index is 0.356. The number of carbonyl (C=O) groups excluding carboxylic acids is 1. The highest BCUT2D eigenvalue weighted by atomic mass is 16.2. The molecule has 124 valence electrons. The Morgan fingerprint density at radius 1 is 1.00 bits per heavy atom. The molecule has 1 heterocycles. The van der Waals surface area contributed by atoms with Crippen molar-refractivity contribution in [3.63, 3.8) is 0 Å². The molecule has 1 aliphatic heterocycles. The predicted octanol–water partition coefficient (Wildman–Crippen LogP) is 3.16. The molecule has 2 aliphatic carbocycles. The zero-order valence-corrected chi connectivity index (χ0v) is 14.0. The van der Waals surface area contributed by atoms with Crippen molar-refractivity contribution in [2.24, 2.45) is 17.8 Å². The Kier molecular flexibility index (Phi) is 4.39. The molecule has 23 heavy (non-hydrogen) atoms. The van der Waals surface area contributed by atoms with Crippen molar-refractivity contribution in [1.29, 1.82) is 0 Å². The van der Waals surface area contributed by atoms with Crippen molar-refractivity contribution in [2.75, 3.05) is 26.2 Å². The third-order valence-corrected chi connectivity index (χ3v) is 6.20. The second kappa shape index (κ2) is 6.64. The van der Waals surface area contributed by atoms with Crippen LogP contribution in [0.15, 0.2) is 30.3 Å². The zero-order valence-electron chi connectivity index (χ0n) is 14.0. The van der Waals surface area contributed by atoms with E-state index in [9.17, 15) is 4.79 Å². The standard InChI is InChI=1S/C20H28N2O/c23-20(19-14-17-7-8-18(19)13-17)22-10-4-9-21(11-12-22)15-16-5-2-1-3-6-16/h1-3,5-6,17-19H,4,7-15H2. The van der Waals surface area contributed by atoms with Crippen LogP contribution in [0.3, 0.4) is 0 Å². The molecule has 1 aromatic rings. The number of hydrogen-bond acceptors (Lipinski definition) is 2. The van der Waals surface area contributed by atoms with E-state index in [1.54, 1.807) is 0 Å². The van der Waals surface area contributed by atoms with E-state index in [0.717, 1.165) is 45.1 Å². The Labute approximate surface area is 139 Å². The van der Waals surface area contributed by atoms with E-state index in [4.69, 9.17) is 0 Å². The smallest absolute Gasteiger partial charge is 0.226 e. The molecule has 2 saturated carbocycles. The zero-order chi connectivity index (χ0) is 15.6. The summed E-state index contributed by atoms with van der Waals surface area (Å²) in [5, 5.41) is 0. The molecule has 3 aliphatic rings. The van der Waals surface area contributed by atoms with Gasteiger partial charge in [0.2, 0.25) is 5.91 Å². The van der Waals surface area contributed by atoms with Gasteiger partial charge in [0.05, 0.1) is 0 Å². The fraction of sp³-hybridized carbons (Fsp3) is 0.650. The van der Waals surface area contributed by atoms with Crippen molar-refractivity contribution < 1.29 is 4.79 Å². The molecule has 3 unspecified atom stereocenters. The largest absolute Gasteiger partial charge is 0.341 e. The molecule has 0 aromatic heterocycles. The summed E-state index contributed by atoms with van der Waals surface area (Å²) in [5.74, 6) is 2.39. The number of amides is 1. The first-order valence-corrected chi connectivity index (χ1v) is 9.34. The predicted molar refractivity (Wildman–Crippen MR) is 91.9 cm³/mol. The molecular weight excluding hydrogens is 284 g/mol. The third kappa shape index (κ3) is 3.30. The van der Waals surface area contributed by atoms with E-state index < -0.39 is 0 Å². The Morgan fingerprint density at radius 2 is 1.87 bits per heavy atom. The van der Waals surface area contributed by atoms with Gasteiger partial charge < -0.3 is 4.90 Å². The molecule has 1 amide bonds. The van der Waals surface area contributed by atoms with E-state index in [-0.39, 0.29) is 0 Å². The Hall–Kier alpha value is -1.35. The minimum Gasteiger partial charge on any atom is -0.341 e. The van der Waals surface area contributed by atoms with E-state index in [1.807, 2.05) is 0 Å². The molecule has 4 rings (SSSR count). The quantitative estimate of drug-likeness (QED) is 0.856. The third-order valence-electron chi connectivity index (χ3n) is 6.20. The molecule has 3 heteroatoms. The second-order valence-electron chi connectivity index (χ2n) is 7.72. The van der Waals surface area contributed by atoms with Gasteiger partial charge in [0.25, 0.3) is 0 Å². The van der Waals surface area contributed by atoms with Gasteiger partial charge in [-0.15, -0.1) is 0 Å². The van der Waals surface area contributed by atoms with Crippen LogP contribution >= 0.6 is 0 Å². The van der Waals surface area contributed by atoms with Crippen molar-refractivity contribution in [2.45, 2.75) is 38.6 Å². The monoisotopic (exact) mass is 312 g/mol. The lowest BCUT2D eigenvalue weighted by molar-refractivity contribution is -0.137. The second-order valence-corrected chi connectivity index (χ2v) is 7.72. The summed E-state index contributed by atoms with van der Waals surface area (Å²) < 4.78 is 0. The minimum absolute atomic E-state index is 0.356. The van der Waals surface area contributed by atoms with Crippen molar-refractivity contribution >= 4 is 5.91 Å². The van der Waals surface area contributed by atoms with Gasteiger partial charge in [0, 0.05) is 38.6 Å². The summed E-state index contributed by atoms with van der Waals surface area (Å²) in [6.45, 7) is 5.01. The highest BCUT2D eigenvalue weighted by molar-refractivity contribution is 5.79. The highest BCUT2D eigenvalue weighted by Gasteiger charge is 2.44. The SMILES string of the molecule is O=C(C1CC2CCC1C2)N1CCCN(Cc2ccccc2)CC1. The molecule has 3 atom stereocenters. The summed E-state index contributed by atoms with van der Waals surface area (Å²) >= 11 is 0. The topological polar surface area (TPSA) is 23.6 Å². The normalized spacial score (nSPS) is 31.3. The van der Waals surface area contributed by atoms with E-state index in [1.165, 1.54) is 31.2 Å². The lowest BCUT2D eigenvalue weighted by Crippen LogP contribution is -2.40. The van der Waals surface area contributed by atoms with Gasteiger partial charge in [-0.05, 0) is 43.1 Å². The van der Waals surface area contributed by atoms with Crippen molar-refractivity contribution in [1.82, 2.24) is 9.80 Å².